The lowest BCUT2D eigenvalue weighted by Gasteiger charge is -2.27. The lowest BCUT2D eigenvalue weighted by atomic mass is 9.96. The standard InChI is InChI=1S/C19H12ClF3O4/c20-14-9-11(15(24)6-10-4-2-1-3-5-10)7-12-8-13(18(25)26)17(19(21,22)23)27-16(12)14/h1-5,7-9,17H,6H2,(H,25,26). The molecule has 0 amide bonds. The number of Topliss-reactive ketones (excluding diaryl/α,β-unsaturated/α-hetero) is 1. The van der Waals surface area contributed by atoms with Gasteiger partial charge in [0, 0.05) is 17.5 Å². The molecule has 0 aliphatic carbocycles. The van der Waals surface area contributed by atoms with E-state index >= 15 is 0 Å². The Morgan fingerprint density at radius 3 is 2.41 bits per heavy atom. The van der Waals surface area contributed by atoms with E-state index in [2.05, 4.69) is 0 Å². The van der Waals surface area contributed by atoms with Crippen LogP contribution in [0.5, 0.6) is 5.75 Å². The molecule has 140 valence electrons. The minimum atomic E-state index is -4.92. The average molecular weight is 397 g/mol. The van der Waals surface area contributed by atoms with Crippen LogP contribution in [0.4, 0.5) is 13.2 Å². The molecule has 0 saturated heterocycles. The van der Waals surface area contributed by atoms with Crippen LogP contribution in [0.3, 0.4) is 0 Å². The number of alkyl halides is 3. The molecule has 1 heterocycles. The molecular formula is C19H12ClF3O4. The molecule has 2 aromatic rings. The van der Waals surface area contributed by atoms with Gasteiger partial charge in [-0.15, -0.1) is 0 Å². The number of halogens is 4. The number of hydrogen-bond donors (Lipinski definition) is 1. The van der Waals surface area contributed by atoms with Crippen molar-refractivity contribution in [3.05, 3.63) is 69.8 Å². The van der Waals surface area contributed by atoms with Gasteiger partial charge in [-0.05, 0) is 23.8 Å². The third kappa shape index (κ3) is 3.98. The molecule has 0 aromatic heterocycles. The fourth-order valence-electron chi connectivity index (χ4n) is 2.73. The van der Waals surface area contributed by atoms with E-state index in [9.17, 15) is 22.8 Å². The van der Waals surface area contributed by atoms with Crippen molar-refractivity contribution in [2.75, 3.05) is 0 Å². The Labute approximate surface area is 156 Å². The van der Waals surface area contributed by atoms with Crippen molar-refractivity contribution in [3.63, 3.8) is 0 Å². The summed E-state index contributed by atoms with van der Waals surface area (Å²) in [7, 11) is 0. The Hall–Kier alpha value is -2.80. The van der Waals surface area contributed by atoms with E-state index in [1.54, 1.807) is 30.3 Å². The fourth-order valence-corrected chi connectivity index (χ4v) is 3.00. The van der Waals surface area contributed by atoms with Crippen molar-refractivity contribution in [1.29, 1.82) is 0 Å². The number of benzene rings is 2. The number of hydrogen-bond acceptors (Lipinski definition) is 3. The van der Waals surface area contributed by atoms with E-state index < -0.39 is 23.8 Å². The number of carboxylic acids is 1. The Morgan fingerprint density at radius 1 is 1.15 bits per heavy atom. The van der Waals surface area contributed by atoms with Crippen LogP contribution >= 0.6 is 11.6 Å². The summed E-state index contributed by atoms with van der Waals surface area (Å²) in [5, 5.41) is 8.90. The topological polar surface area (TPSA) is 63.6 Å². The highest BCUT2D eigenvalue weighted by molar-refractivity contribution is 6.33. The maximum Gasteiger partial charge on any atom is 0.430 e. The Bertz CT molecular complexity index is 936. The van der Waals surface area contributed by atoms with Crippen LogP contribution in [-0.4, -0.2) is 29.1 Å². The maximum absolute atomic E-state index is 13.1. The summed E-state index contributed by atoms with van der Waals surface area (Å²) in [5.74, 6) is -2.38. The third-order valence-corrected chi connectivity index (χ3v) is 4.26. The summed E-state index contributed by atoms with van der Waals surface area (Å²) in [6, 6.07) is 11.4. The molecule has 27 heavy (non-hydrogen) atoms. The predicted molar refractivity (Wildman–Crippen MR) is 92.0 cm³/mol. The molecule has 0 bridgehead atoms. The highest BCUT2D eigenvalue weighted by atomic mass is 35.5. The molecular weight excluding hydrogens is 385 g/mol. The SMILES string of the molecule is O=C(O)C1=Cc2cc(C(=O)Cc3ccccc3)cc(Cl)c2OC1C(F)(F)F. The summed E-state index contributed by atoms with van der Waals surface area (Å²) in [5.41, 5.74) is -0.0558. The van der Waals surface area contributed by atoms with Gasteiger partial charge < -0.3 is 9.84 Å². The van der Waals surface area contributed by atoms with Gasteiger partial charge in [0.05, 0.1) is 10.6 Å². The summed E-state index contributed by atoms with van der Waals surface area (Å²) < 4.78 is 44.1. The largest absolute Gasteiger partial charge is 0.478 e. The quantitative estimate of drug-likeness (QED) is 0.770. The van der Waals surface area contributed by atoms with Crippen LogP contribution in [-0.2, 0) is 11.2 Å². The number of aliphatic carboxylic acids is 1. The first-order valence-corrected chi connectivity index (χ1v) is 8.13. The zero-order valence-corrected chi connectivity index (χ0v) is 14.3. The summed E-state index contributed by atoms with van der Waals surface area (Å²) in [4.78, 5) is 23.7. The fraction of sp³-hybridized carbons (Fsp3) is 0.158. The van der Waals surface area contributed by atoms with Gasteiger partial charge in [-0.2, -0.15) is 13.2 Å². The molecule has 0 saturated carbocycles. The van der Waals surface area contributed by atoms with Gasteiger partial charge in [-0.1, -0.05) is 41.9 Å². The number of ketones is 1. The highest BCUT2D eigenvalue weighted by Crippen LogP contribution is 2.41. The molecule has 0 fully saturated rings. The zero-order valence-electron chi connectivity index (χ0n) is 13.6. The summed E-state index contributed by atoms with van der Waals surface area (Å²) in [6.07, 6.45) is -6.65. The monoisotopic (exact) mass is 396 g/mol. The zero-order chi connectivity index (χ0) is 19.8. The van der Waals surface area contributed by atoms with Crippen molar-refractivity contribution >= 4 is 29.4 Å². The van der Waals surface area contributed by atoms with Crippen LogP contribution in [0.15, 0.2) is 48.0 Å². The van der Waals surface area contributed by atoms with Crippen LogP contribution in [0.2, 0.25) is 5.02 Å². The second-order valence-electron chi connectivity index (χ2n) is 5.91. The van der Waals surface area contributed by atoms with Gasteiger partial charge in [-0.25, -0.2) is 4.79 Å². The molecule has 8 heteroatoms. The lowest BCUT2D eigenvalue weighted by molar-refractivity contribution is -0.187. The van der Waals surface area contributed by atoms with Crippen LogP contribution in [0.25, 0.3) is 6.08 Å². The molecule has 3 rings (SSSR count). The van der Waals surface area contributed by atoms with E-state index in [-0.39, 0.29) is 34.1 Å². The van der Waals surface area contributed by atoms with Gasteiger partial charge in [0.15, 0.2) is 5.78 Å². The van der Waals surface area contributed by atoms with Crippen molar-refractivity contribution in [3.8, 4) is 5.75 Å². The molecule has 1 unspecified atom stereocenters. The second kappa shape index (κ2) is 7.08. The minimum Gasteiger partial charge on any atom is -0.478 e. The van der Waals surface area contributed by atoms with Gasteiger partial charge in [-0.3, -0.25) is 4.79 Å². The van der Waals surface area contributed by atoms with E-state index in [1.165, 1.54) is 12.1 Å². The van der Waals surface area contributed by atoms with Gasteiger partial charge in [0.25, 0.3) is 0 Å². The van der Waals surface area contributed by atoms with Gasteiger partial charge in [0.2, 0.25) is 6.10 Å². The molecule has 4 nitrogen and oxygen atoms in total. The number of carboxylic acid groups (broad SMARTS) is 1. The number of carbonyl (C=O) groups excluding carboxylic acids is 1. The molecule has 0 radical (unpaired) electrons. The predicted octanol–water partition coefficient (Wildman–Crippen LogP) is 4.56. The first-order chi connectivity index (χ1) is 12.7. The highest BCUT2D eigenvalue weighted by Gasteiger charge is 2.48. The third-order valence-electron chi connectivity index (χ3n) is 3.98. The number of ether oxygens (including phenoxy) is 1. The first-order valence-electron chi connectivity index (χ1n) is 7.75. The van der Waals surface area contributed by atoms with E-state index in [4.69, 9.17) is 21.4 Å². The summed E-state index contributed by atoms with van der Waals surface area (Å²) >= 11 is 6.02. The number of carbonyl (C=O) groups is 2. The van der Waals surface area contributed by atoms with Crippen molar-refractivity contribution in [2.45, 2.75) is 18.7 Å². The van der Waals surface area contributed by atoms with E-state index in [0.29, 0.717) is 0 Å². The van der Waals surface area contributed by atoms with Crippen molar-refractivity contribution in [1.82, 2.24) is 0 Å². The smallest absolute Gasteiger partial charge is 0.430 e. The molecule has 1 N–H and O–H groups in total. The van der Waals surface area contributed by atoms with Crippen LogP contribution in [0, 0.1) is 0 Å². The molecule has 0 spiro atoms. The van der Waals surface area contributed by atoms with Crippen molar-refractivity contribution in [2.24, 2.45) is 0 Å². The summed E-state index contributed by atoms with van der Waals surface area (Å²) in [6.45, 7) is 0. The van der Waals surface area contributed by atoms with Gasteiger partial charge in [0.1, 0.15) is 5.75 Å². The minimum absolute atomic E-state index is 0.0109. The van der Waals surface area contributed by atoms with E-state index in [1.807, 2.05) is 0 Å². The Morgan fingerprint density at radius 2 is 1.81 bits per heavy atom. The van der Waals surface area contributed by atoms with Crippen molar-refractivity contribution < 1.29 is 32.6 Å². The van der Waals surface area contributed by atoms with Gasteiger partial charge >= 0.3 is 12.1 Å². The Balaban J connectivity index is 1.99. The molecule has 1 aliphatic heterocycles. The van der Waals surface area contributed by atoms with Crippen LogP contribution in [0.1, 0.15) is 21.5 Å². The first kappa shape index (κ1) is 19.0. The average Bonchev–Trinajstić information content (AvgIpc) is 2.60. The lowest BCUT2D eigenvalue weighted by Crippen LogP contribution is -2.40. The van der Waals surface area contributed by atoms with Crippen LogP contribution < -0.4 is 4.74 Å². The van der Waals surface area contributed by atoms with E-state index in [0.717, 1.165) is 11.6 Å². The second-order valence-corrected chi connectivity index (χ2v) is 6.31. The molecule has 1 atom stereocenters. The Kier molecular flexibility index (Phi) is 4.97. The normalized spacial score (nSPS) is 16.1. The number of rotatable bonds is 4. The molecule has 2 aromatic carbocycles. The molecule has 1 aliphatic rings. The maximum atomic E-state index is 13.1. The number of fused-ring (bicyclic) bond motifs is 1.